The Labute approximate surface area is 238 Å². The largest absolute Gasteiger partial charge is 0.485 e. The van der Waals surface area contributed by atoms with Gasteiger partial charge in [0.25, 0.3) is 0 Å². The maximum Gasteiger partial charge on any atom is 0.309 e. The van der Waals surface area contributed by atoms with Gasteiger partial charge in [-0.2, -0.15) is 0 Å². The Bertz CT molecular complexity index is 1460. The van der Waals surface area contributed by atoms with Crippen molar-refractivity contribution in [1.29, 1.82) is 0 Å². The van der Waals surface area contributed by atoms with Crippen molar-refractivity contribution in [2.24, 2.45) is 11.3 Å². The molecule has 3 aliphatic rings. The van der Waals surface area contributed by atoms with Crippen molar-refractivity contribution in [2.45, 2.75) is 44.9 Å². The normalized spacial score (nSPS) is 21.0. The number of methoxy groups -OCH3 is 1. The van der Waals surface area contributed by atoms with Gasteiger partial charge in [-0.3, -0.25) is 9.69 Å². The number of fused-ring (bicyclic) bond motifs is 1. The lowest BCUT2D eigenvalue weighted by Gasteiger charge is -2.38. The lowest BCUT2D eigenvalue weighted by molar-refractivity contribution is -0.145. The Morgan fingerprint density at radius 3 is 2.76 bits per heavy atom. The van der Waals surface area contributed by atoms with Crippen LogP contribution >= 0.6 is 0 Å². The molecule has 1 spiro atoms. The van der Waals surface area contributed by atoms with Crippen molar-refractivity contribution in [3.8, 4) is 22.8 Å². The van der Waals surface area contributed by atoms with Crippen molar-refractivity contribution in [2.75, 3.05) is 33.4 Å². The molecule has 0 saturated carbocycles. The molecular formula is C32H35FN2O6. The number of hydrogen-bond acceptors (Lipinski definition) is 7. The maximum absolute atomic E-state index is 15.1. The van der Waals surface area contributed by atoms with Gasteiger partial charge in [-0.25, -0.2) is 9.37 Å². The van der Waals surface area contributed by atoms with E-state index >= 15 is 4.39 Å². The number of carboxylic acid groups (broad SMARTS) is 1. The van der Waals surface area contributed by atoms with Gasteiger partial charge in [0.05, 0.1) is 38.5 Å². The summed E-state index contributed by atoms with van der Waals surface area (Å²) in [6, 6.07) is 13.1. The van der Waals surface area contributed by atoms with Gasteiger partial charge < -0.3 is 24.4 Å². The first-order valence-corrected chi connectivity index (χ1v) is 14.1. The smallest absolute Gasteiger partial charge is 0.309 e. The van der Waals surface area contributed by atoms with E-state index < -0.39 is 23.8 Å². The lowest BCUT2D eigenvalue weighted by atomic mass is 9.85. The Morgan fingerprint density at radius 2 is 2.05 bits per heavy atom. The predicted molar refractivity (Wildman–Crippen MR) is 149 cm³/mol. The van der Waals surface area contributed by atoms with Gasteiger partial charge >= 0.3 is 5.97 Å². The van der Waals surface area contributed by atoms with Crippen LogP contribution in [0.2, 0.25) is 0 Å². The average Bonchev–Trinajstić information content (AvgIpc) is 3.41. The number of benzene rings is 2. The van der Waals surface area contributed by atoms with Gasteiger partial charge in [-0.15, -0.1) is 0 Å². The van der Waals surface area contributed by atoms with Crippen LogP contribution in [0.5, 0.6) is 11.6 Å². The first-order valence-electron chi connectivity index (χ1n) is 14.1. The number of aliphatic hydroxyl groups excluding tert-OH is 1. The summed E-state index contributed by atoms with van der Waals surface area (Å²) in [7, 11) is 1.52. The Morgan fingerprint density at radius 1 is 1.22 bits per heavy atom. The molecule has 8 nitrogen and oxygen atoms in total. The van der Waals surface area contributed by atoms with Crippen molar-refractivity contribution in [3.63, 3.8) is 0 Å². The third kappa shape index (κ3) is 5.41. The second-order valence-corrected chi connectivity index (χ2v) is 11.7. The molecular weight excluding hydrogens is 527 g/mol. The number of likely N-dealkylation sites (tertiary alicyclic amines) is 1. The zero-order valence-electron chi connectivity index (χ0n) is 23.3. The minimum atomic E-state index is -1.13. The minimum Gasteiger partial charge on any atom is -0.485 e. The number of pyridine rings is 1. The van der Waals surface area contributed by atoms with E-state index in [9.17, 15) is 15.0 Å². The molecule has 2 aromatic carbocycles. The highest BCUT2D eigenvalue weighted by atomic mass is 19.1. The summed E-state index contributed by atoms with van der Waals surface area (Å²) in [6.45, 7) is 5.66. The summed E-state index contributed by atoms with van der Waals surface area (Å²) in [6.07, 6.45) is 2.47. The van der Waals surface area contributed by atoms with Gasteiger partial charge in [-0.05, 0) is 66.6 Å². The zero-order valence-corrected chi connectivity index (χ0v) is 23.3. The van der Waals surface area contributed by atoms with E-state index in [1.165, 1.54) is 20.2 Å². The molecule has 6 rings (SSSR count). The fourth-order valence-electron chi connectivity index (χ4n) is 6.20. The molecule has 0 bridgehead atoms. The highest BCUT2D eigenvalue weighted by Gasteiger charge is 2.44. The first-order chi connectivity index (χ1) is 19.7. The molecule has 2 N–H and O–H groups in total. The van der Waals surface area contributed by atoms with Gasteiger partial charge in [0, 0.05) is 30.1 Å². The van der Waals surface area contributed by atoms with E-state index in [1.54, 1.807) is 18.2 Å². The molecule has 3 aliphatic heterocycles. The van der Waals surface area contributed by atoms with Crippen LogP contribution in [-0.4, -0.2) is 59.5 Å². The maximum atomic E-state index is 15.1. The van der Waals surface area contributed by atoms with Crippen molar-refractivity contribution < 1.29 is 33.6 Å². The van der Waals surface area contributed by atoms with E-state index in [0.29, 0.717) is 29.3 Å². The number of aromatic nitrogens is 1. The highest BCUT2D eigenvalue weighted by molar-refractivity contribution is 5.71. The van der Waals surface area contributed by atoms with E-state index in [-0.39, 0.29) is 11.5 Å². The second-order valence-electron chi connectivity index (χ2n) is 11.7. The van der Waals surface area contributed by atoms with E-state index in [0.717, 1.165) is 67.8 Å². The fraction of sp³-hybridized carbons (Fsp3) is 0.438. The Hall–Kier alpha value is -3.53. The molecule has 3 aromatic rings. The molecule has 0 radical (unpaired) electrons. The molecule has 1 unspecified atom stereocenters. The minimum absolute atomic E-state index is 0.235. The zero-order chi connectivity index (χ0) is 28.7. The van der Waals surface area contributed by atoms with Crippen molar-refractivity contribution in [3.05, 3.63) is 76.7 Å². The molecule has 3 atom stereocenters. The molecule has 9 heteroatoms. The summed E-state index contributed by atoms with van der Waals surface area (Å²) < 4.78 is 32.3. The molecule has 0 aliphatic carbocycles. The first kappa shape index (κ1) is 27.6. The Kier molecular flexibility index (Phi) is 7.44. The number of rotatable bonds is 8. The molecule has 2 fully saturated rings. The summed E-state index contributed by atoms with van der Waals surface area (Å²) in [5.74, 6) is -1.40. The van der Waals surface area contributed by atoms with E-state index in [4.69, 9.17) is 14.2 Å². The standard InChI is InChI=1S/C32H35FN2O6/c1-19(31(37)38)30(36)22-4-3-20-6-8-27(41-28(20)12-22)21-5-7-24(25-13-29(39-2)34-14-26(25)33)23(11-21)15-35-10-9-32(16-35)17-40-18-32/h3-5,7,11-14,19,27,30,36H,6,8-10,15-18H2,1-2H3,(H,37,38)/t19-,27?,30+/m0/s1. The molecule has 216 valence electrons. The van der Waals surface area contributed by atoms with Crippen LogP contribution < -0.4 is 9.47 Å². The number of halogens is 1. The lowest BCUT2D eigenvalue weighted by Crippen LogP contribution is -2.44. The highest BCUT2D eigenvalue weighted by Crippen LogP contribution is 2.41. The topological polar surface area (TPSA) is 101 Å². The second kappa shape index (κ2) is 11.0. The number of nitrogens with zero attached hydrogens (tertiary/aromatic N) is 2. The monoisotopic (exact) mass is 562 g/mol. The third-order valence-corrected chi connectivity index (χ3v) is 8.80. The van der Waals surface area contributed by atoms with E-state index in [1.807, 2.05) is 18.2 Å². The summed E-state index contributed by atoms with van der Waals surface area (Å²) in [5.41, 5.74) is 5.00. The van der Waals surface area contributed by atoms with Crippen LogP contribution in [0, 0.1) is 17.2 Å². The number of hydrogen-bond donors (Lipinski definition) is 2. The average molecular weight is 563 g/mol. The molecule has 0 amide bonds. The number of ether oxygens (including phenoxy) is 3. The molecule has 1 aromatic heterocycles. The predicted octanol–water partition coefficient (Wildman–Crippen LogP) is 4.94. The summed E-state index contributed by atoms with van der Waals surface area (Å²) >= 11 is 0. The summed E-state index contributed by atoms with van der Waals surface area (Å²) in [5, 5.41) is 19.9. The van der Waals surface area contributed by atoms with Gasteiger partial charge in [0.15, 0.2) is 0 Å². The molecule has 41 heavy (non-hydrogen) atoms. The fourth-order valence-corrected chi connectivity index (χ4v) is 6.20. The van der Waals surface area contributed by atoms with Crippen LogP contribution in [0.15, 0.2) is 48.7 Å². The SMILES string of the molecule is COc1cc(-c2ccc(C3CCc4ccc([C@H](O)[C@H](C)C(=O)O)cc4O3)cc2CN2CCC3(COC3)C2)c(F)cn1. The molecule has 4 heterocycles. The van der Waals surface area contributed by atoms with Crippen LogP contribution in [-0.2, 0) is 22.5 Å². The number of aliphatic hydroxyl groups is 1. The van der Waals surface area contributed by atoms with Crippen LogP contribution in [0.25, 0.3) is 11.1 Å². The van der Waals surface area contributed by atoms with Crippen LogP contribution in [0.4, 0.5) is 4.39 Å². The van der Waals surface area contributed by atoms with Crippen LogP contribution in [0.1, 0.15) is 54.2 Å². The molecule has 2 saturated heterocycles. The quantitative estimate of drug-likeness (QED) is 0.398. The van der Waals surface area contributed by atoms with E-state index in [2.05, 4.69) is 16.0 Å². The van der Waals surface area contributed by atoms with Gasteiger partial charge in [0.1, 0.15) is 17.7 Å². The Balaban J connectivity index is 1.31. The number of aryl methyl sites for hydroxylation is 1. The number of aliphatic carboxylic acids is 1. The third-order valence-electron chi connectivity index (χ3n) is 8.80. The summed E-state index contributed by atoms with van der Waals surface area (Å²) in [4.78, 5) is 17.8. The number of carboxylic acids is 1. The van der Waals surface area contributed by atoms with Crippen molar-refractivity contribution in [1.82, 2.24) is 9.88 Å². The van der Waals surface area contributed by atoms with Crippen LogP contribution in [0.3, 0.4) is 0 Å². The van der Waals surface area contributed by atoms with Crippen molar-refractivity contribution >= 4 is 5.97 Å². The van der Waals surface area contributed by atoms with Gasteiger partial charge in [0.2, 0.25) is 5.88 Å². The number of carbonyl (C=O) groups is 1. The van der Waals surface area contributed by atoms with Gasteiger partial charge in [-0.1, -0.05) is 30.3 Å².